The second kappa shape index (κ2) is 7.41. The van der Waals surface area contributed by atoms with E-state index in [0.717, 1.165) is 28.8 Å². The average molecular weight is 328 g/mol. The summed E-state index contributed by atoms with van der Waals surface area (Å²) in [6.07, 6.45) is 1.91. The van der Waals surface area contributed by atoms with Crippen LogP contribution in [-0.2, 0) is 4.79 Å². The maximum absolute atomic E-state index is 11.8. The number of benzene rings is 3. The highest BCUT2D eigenvalue weighted by Crippen LogP contribution is 2.25. The van der Waals surface area contributed by atoms with E-state index in [1.807, 2.05) is 42.5 Å². The molecule has 0 bridgehead atoms. The first-order valence-corrected chi connectivity index (χ1v) is 7.85. The van der Waals surface area contributed by atoms with Gasteiger partial charge in [-0.25, -0.2) is 4.79 Å². The number of rotatable bonds is 5. The van der Waals surface area contributed by atoms with Crippen LogP contribution in [0.4, 0.5) is 0 Å². The van der Waals surface area contributed by atoms with Gasteiger partial charge in [-0.2, -0.15) is 0 Å². The van der Waals surface area contributed by atoms with E-state index in [-0.39, 0.29) is 5.78 Å². The summed E-state index contributed by atoms with van der Waals surface area (Å²) in [6.45, 7) is 0. The molecule has 0 atom stereocenters. The van der Waals surface area contributed by atoms with Crippen molar-refractivity contribution in [3.8, 4) is 22.3 Å². The van der Waals surface area contributed by atoms with Crippen molar-refractivity contribution in [2.24, 2.45) is 0 Å². The fourth-order valence-corrected chi connectivity index (χ4v) is 2.56. The monoisotopic (exact) mass is 328 g/mol. The van der Waals surface area contributed by atoms with Crippen molar-refractivity contribution in [1.82, 2.24) is 0 Å². The van der Waals surface area contributed by atoms with Gasteiger partial charge in [0.25, 0.3) is 0 Å². The second-order valence-corrected chi connectivity index (χ2v) is 5.56. The molecule has 25 heavy (non-hydrogen) atoms. The molecule has 0 aliphatic rings. The Morgan fingerprint density at radius 1 is 0.600 bits per heavy atom. The summed E-state index contributed by atoms with van der Waals surface area (Å²) in [7, 11) is 0. The minimum Gasteiger partial charge on any atom is -0.478 e. The lowest BCUT2D eigenvalue weighted by Gasteiger charge is -2.06. The molecule has 0 amide bonds. The van der Waals surface area contributed by atoms with Crippen molar-refractivity contribution in [2.75, 3.05) is 0 Å². The van der Waals surface area contributed by atoms with E-state index in [1.54, 1.807) is 12.1 Å². The quantitative estimate of drug-likeness (QED) is 0.538. The van der Waals surface area contributed by atoms with Gasteiger partial charge in [-0.1, -0.05) is 78.9 Å². The van der Waals surface area contributed by atoms with Gasteiger partial charge in [0.2, 0.25) is 0 Å². The number of carbonyl (C=O) groups is 2. The SMILES string of the molecule is O=C(O)/C=C\C(=O)c1ccc(-c2ccc(-c3ccccc3)cc2)cc1. The Kier molecular flexibility index (Phi) is 4.86. The van der Waals surface area contributed by atoms with E-state index in [1.165, 1.54) is 5.56 Å². The summed E-state index contributed by atoms with van der Waals surface area (Å²) >= 11 is 0. The molecule has 3 nitrogen and oxygen atoms in total. The lowest BCUT2D eigenvalue weighted by Crippen LogP contribution is -1.96. The van der Waals surface area contributed by atoms with Crippen molar-refractivity contribution in [3.63, 3.8) is 0 Å². The summed E-state index contributed by atoms with van der Waals surface area (Å²) in [6, 6.07) is 25.5. The smallest absolute Gasteiger partial charge is 0.328 e. The molecule has 0 unspecified atom stereocenters. The number of allylic oxidation sites excluding steroid dienone is 1. The van der Waals surface area contributed by atoms with Crippen molar-refractivity contribution in [1.29, 1.82) is 0 Å². The van der Waals surface area contributed by atoms with E-state index < -0.39 is 5.97 Å². The average Bonchev–Trinajstić information content (AvgIpc) is 2.67. The van der Waals surface area contributed by atoms with Crippen molar-refractivity contribution in [3.05, 3.63) is 96.6 Å². The number of hydrogen-bond acceptors (Lipinski definition) is 2. The van der Waals surface area contributed by atoms with E-state index >= 15 is 0 Å². The molecule has 0 fully saturated rings. The van der Waals surface area contributed by atoms with Gasteiger partial charge in [0.05, 0.1) is 0 Å². The van der Waals surface area contributed by atoms with Gasteiger partial charge in [0.15, 0.2) is 5.78 Å². The molecular weight excluding hydrogens is 312 g/mol. The molecule has 3 rings (SSSR count). The first kappa shape index (κ1) is 16.4. The topological polar surface area (TPSA) is 54.4 Å². The summed E-state index contributed by atoms with van der Waals surface area (Å²) in [5, 5.41) is 8.57. The number of carboxylic acids is 1. The summed E-state index contributed by atoms with van der Waals surface area (Å²) in [4.78, 5) is 22.3. The standard InChI is InChI=1S/C22H16O3/c23-21(14-15-22(24)25)20-12-10-19(11-13-20)18-8-6-17(7-9-18)16-4-2-1-3-5-16/h1-15H,(H,24,25)/b15-14-. The van der Waals surface area contributed by atoms with E-state index in [2.05, 4.69) is 24.3 Å². The third-order valence-corrected chi connectivity index (χ3v) is 3.87. The highest BCUT2D eigenvalue weighted by atomic mass is 16.4. The zero-order valence-electron chi connectivity index (χ0n) is 13.4. The molecule has 0 heterocycles. The molecule has 0 radical (unpaired) electrons. The Bertz CT molecular complexity index is 906. The number of ketones is 1. The maximum atomic E-state index is 11.8. The summed E-state index contributed by atoms with van der Waals surface area (Å²) < 4.78 is 0. The molecule has 0 saturated heterocycles. The zero-order valence-corrected chi connectivity index (χ0v) is 13.4. The van der Waals surface area contributed by atoms with E-state index in [4.69, 9.17) is 5.11 Å². The predicted octanol–water partition coefficient (Wildman–Crippen LogP) is 4.84. The van der Waals surface area contributed by atoms with Crippen LogP contribution in [-0.4, -0.2) is 16.9 Å². The van der Waals surface area contributed by atoms with Crippen molar-refractivity contribution < 1.29 is 14.7 Å². The van der Waals surface area contributed by atoms with Crippen LogP contribution in [0.1, 0.15) is 10.4 Å². The zero-order chi connectivity index (χ0) is 17.6. The summed E-state index contributed by atoms with van der Waals surface area (Å²) in [5.74, 6) is -1.46. The number of carboxylic acid groups (broad SMARTS) is 1. The fraction of sp³-hybridized carbons (Fsp3) is 0. The van der Waals surface area contributed by atoms with Crippen LogP contribution in [0.25, 0.3) is 22.3 Å². The molecule has 1 N–H and O–H groups in total. The minimum absolute atomic E-state index is 0.326. The van der Waals surface area contributed by atoms with Gasteiger partial charge in [-0.05, 0) is 28.3 Å². The molecule has 0 saturated carbocycles. The molecule has 3 aromatic rings. The normalized spacial score (nSPS) is 10.7. The first-order chi connectivity index (χ1) is 12.1. The van der Waals surface area contributed by atoms with Crippen LogP contribution in [0.2, 0.25) is 0 Å². The lowest BCUT2D eigenvalue weighted by molar-refractivity contribution is -0.131. The molecule has 122 valence electrons. The Balaban J connectivity index is 1.78. The molecule has 0 spiro atoms. The van der Waals surface area contributed by atoms with E-state index in [0.29, 0.717) is 5.56 Å². The lowest BCUT2D eigenvalue weighted by atomic mass is 9.99. The largest absolute Gasteiger partial charge is 0.478 e. The van der Waals surface area contributed by atoms with E-state index in [9.17, 15) is 9.59 Å². The Labute approximate surface area is 145 Å². The maximum Gasteiger partial charge on any atom is 0.328 e. The van der Waals surface area contributed by atoms with Crippen molar-refractivity contribution in [2.45, 2.75) is 0 Å². The molecule has 0 aliphatic carbocycles. The van der Waals surface area contributed by atoms with Crippen LogP contribution in [0.15, 0.2) is 91.0 Å². The van der Waals surface area contributed by atoms with Crippen molar-refractivity contribution >= 4 is 11.8 Å². The van der Waals surface area contributed by atoms with Gasteiger partial charge in [0, 0.05) is 11.6 Å². The van der Waals surface area contributed by atoms with Crippen LogP contribution < -0.4 is 0 Å². The van der Waals surface area contributed by atoms with Gasteiger partial charge >= 0.3 is 5.97 Å². The third kappa shape index (κ3) is 4.09. The Hall–Kier alpha value is -3.46. The number of hydrogen-bond donors (Lipinski definition) is 1. The molecule has 3 aromatic carbocycles. The molecular formula is C22H16O3. The van der Waals surface area contributed by atoms with Gasteiger partial charge in [0.1, 0.15) is 0 Å². The van der Waals surface area contributed by atoms with Gasteiger partial charge in [-0.3, -0.25) is 4.79 Å². The third-order valence-electron chi connectivity index (χ3n) is 3.87. The van der Waals surface area contributed by atoms with Crippen LogP contribution >= 0.6 is 0 Å². The minimum atomic E-state index is -1.14. The Morgan fingerprint density at radius 2 is 1.04 bits per heavy atom. The number of carbonyl (C=O) groups excluding carboxylic acids is 1. The highest BCUT2D eigenvalue weighted by molar-refractivity contribution is 6.07. The van der Waals surface area contributed by atoms with Crippen LogP contribution in [0.3, 0.4) is 0 Å². The molecule has 0 aliphatic heterocycles. The molecule has 3 heteroatoms. The fourth-order valence-electron chi connectivity index (χ4n) is 2.56. The number of aliphatic carboxylic acids is 1. The summed E-state index contributed by atoms with van der Waals surface area (Å²) in [5.41, 5.74) is 4.83. The first-order valence-electron chi connectivity index (χ1n) is 7.85. The second-order valence-electron chi connectivity index (χ2n) is 5.56. The van der Waals surface area contributed by atoms with Crippen LogP contribution in [0, 0.1) is 0 Å². The van der Waals surface area contributed by atoms with Gasteiger partial charge in [-0.15, -0.1) is 0 Å². The van der Waals surface area contributed by atoms with Gasteiger partial charge < -0.3 is 5.11 Å². The highest BCUT2D eigenvalue weighted by Gasteiger charge is 2.04. The predicted molar refractivity (Wildman–Crippen MR) is 98.4 cm³/mol. The Morgan fingerprint density at radius 3 is 1.52 bits per heavy atom. The molecule has 0 aromatic heterocycles. The van der Waals surface area contributed by atoms with Crippen LogP contribution in [0.5, 0.6) is 0 Å².